The first-order valence-corrected chi connectivity index (χ1v) is 5.07. The molecular formula is C9H4ClF3N4O2. The van der Waals surface area contributed by atoms with Crippen LogP contribution < -0.4 is 0 Å². The molecule has 0 fully saturated rings. The van der Waals surface area contributed by atoms with Crippen LogP contribution in [-0.2, 0) is 6.18 Å². The number of rotatable bonds is 2. The molecule has 0 spiro atoms. The van der Waals surface area contributed by atoms with E-state index in [1.165, 1.54) is 18.3 Å². The Hall–Kier alpha value is -2.16. The number of aromatic carboxylic acids is 1. The van der Waals surface area contributed by atoms with Crippen LogP contribution in [0.1, 0.15) is 16.2 Å². The van der Waals surface area contributed by atoms with Gasteiger partial charge in [0, 0.05) is 6.20 Å². The number of carbonyl (C=O) groups is 1. The van der Waals surface area contributed by atoms with Gasteiger partial charge in [0.25, 0.3) is 0 Å². The van der Waals surface area contributed by atoms with Crippen molar-refractivity contribution in [2.45, 2.75) is 6.18 Å². The Labute approximate surface area is 108 Å². The fraction of sp³-hybridized carbons (Fsp3) is 0.111. The van der Waals surface area contributed by atoms with E-state index in [0.717, 1.165) is 0 Å². The van der Waals surface area contributed by atoms with Crippen molar-refractivity contribution in [3.63, 3.8) is 0 Å². The average Bonchev–Trinajstić information content (AvgIpc) is 2.74. The minimum Gasteiger partial charge on any atom is -0.476 e. The summed E-state index contributed by atoms with van der Waals surface area (Å²) in [7, 11) is 0. The Bertz CT molecular complexity index is 641. The van der Waals surface area contributed by atoms with Gasteiger partial charge >= 0.3 is 12.1 Å². The van der Waals surface area contributed by atoms with Crippen LogP contribution >= 0.6 is 11.6 Å². The fourth-order valence-electron chi connectivity index (χ4n) is 1.28. The monoisotopic (exact) mass is 292 g/mol. The van der Waals surface area contributed by atoms with E-state index in [9.17, 15) is 18.0 Å². The third-order valence-electron chi connectivity index (χ3n) is 2.04. The van der Waals surface area contributed by atoms with Gasteiger partial charge in [0.1, 0.15) is 5.69 Å². The van der Waals surface area contributed by atoms with Crippen molar-refractivity contribution in [1.29, 1.82) is 0 Å². The van der Waals surface area contributed by atoms with Crippen LogP contribution in [0.15, 0.2) is 18.3 Å². The smallest absolute Gasteiger partial charge is 0.437 e. The Morgan fingerprint density at radius 3 is 2.53 bits per heavy atom. The third kappa shape index (κ3) is 2.50. The lowest BCUT2D eigenvalue weighted by molar-refractivity contribution is -0.141. The molecule has 0 unspecified atom stereocenters. The first-order valence-electron chi connectivity index (χ1n) is 4.69. The van der Waals surface area contributed by atoms with Gasteiger partial charge in [0.05, 0.1) is 0 Å². The highest BCUT2D eigenvalue weighted by molar-refractivity contribution is 6.31. The van der Waals surface area contributed by atoms with E-state index in [2.05, 4.69) is 15.2 Å². The SMILES string of the molecule is O=C(O)c1nn(-c2cccnc2Cl)nc1C(F)(F)F. The molecule has 2 aromatic rings. The van der Waals surface area contributed by atoms with Gasteiger partial charge in [-0.1, -0.05) is 11.6 Å². The van der Waals surface area contributed by atoms with E-state index in [0.29, 0.717) is 4.80 Å². The highest BCUT2D eigenvalue weighted by Crippen LogP contribution is 2.30. The van der Waals surface area contributed by atoms with Gasteiger partial charge in [0.2, 0.25) is 11.4 Å². The maximum absolute atomic E-state index is 12.6. The molecule has 0 radical (unpaired) electrons. The summed E-state index contributed by atoms with van der Waals surface area (Å²) in [5, 5.41) is 14.9. The first-order chi connectivity index (χ1) is 8.80. The van der Waals surface area contributed by atoms with Gasteiger partial charge in [-0.25, -0.2) is 9.78 Å². The zero-order valence-electron chi connectivity index (χ0n) is 8.89. The molecule has 2 rings (SSSR count). The second-order valence-electron chi connectivity index (χ2n) is 3.30. The Balaban J connectivity index is 2.62. The van der Waals surface area contributed by atoms with Crippen LogP contribution in [0.4, 0.5) is 13.2 Å². The van der Waals surface area contributed by atoms with Gasteiger partial charge in [-0.3, -0.25) is 0 Å². The highest BCUT2D eigenvalue weighted by Gasteiger charge is 2.41. The molecule has 0 aliphatic heterocycles. The zero-order valence-corrected chi connectivity index (χ0v) is 9.64. The molecule has 0 atom stereocenters. The summed E-state index contributed by atoms with van der Waals surface area (Å²) in [4.78, 5) is 14.9. The van der Waals surface area contributed by atoms with Crippen molar-refractivity contribution >= 4 is 17.6 Å². The van der Waals surface area contributed by atoms with Gasteiger partial charge in [-0.05, 0) is 12.1 Å². The van der Waals surface area contributed by atoms with Gasteiger partial charge in [-0.15, -0.1) is 15.0 Å². The van der Waals surface area contributed by atoms with Crippen LogP contribution in [0.3, 0.4) is 0 Å². The minimum atomic E-state index is -4.93. The topological polar surface area (TPSA) is 80.9 Å². The van der Waals surface area contributed by atoms with E-state index in [-0.39, 0.29) is 10.8 Å². The predicted octanol–water partition coefficient (Wildman–Crippen LogP) is 2.03. The van der Waals surface area contributed by atoms with Crippen molar-refractivity contribution < 1.29 is 23.1 Å². The molecular weight excluding hydrogens is 289 g/mol. The number of nitrogens with zero attached hydrogens (tertiary/aromatic N) is 4. The molecule has 2 heterocycles. The molecule has 0 saturated carbocycles. The summed E-state index contributed by atoms with van der Waals surface area (Å²) < 4.78 is 37.8. The molecule has 0 aromatic carbocycles. The van der Waals surface area contributed by atoms with Crippen molar-refractivity contribution in [1.82, 2.24) is 20.0 Å². The Morgan fingerprint density at radius 1 is 1.37 bits per heavy atom. The summed E-state index contributed by atoms with van der Waals surface area (Å²) in [6.45, 7) is 0. The predicted molar refractivity (Wildman–Crippen MR) is 56.1 cm³/mol. The largest absolute Gasteiger partial charge is 0.476 e. The number of hydrogen-bond acceptors (Lipinski definition) is 4. The summed E-state index contributed by atoms with van der Waals surface area (Å²) in [6, 6.07) is 2.71. The molecule has 100 valence electrons. The lowest BCUT2D eigenvalue weighted by Crippen LogP contribution is -2.12. The second-order valence-corrected chi connectivity index (χ2v) is 3.66. The summed E-state index contributed by atoms with van der Waals surface area (Å²) in [5.74, 6) is -1.83. The normalized spacial score (nSPS) is 11.6. The standard InChI is InChI=1S/C9H4ClF3N4O2/c10-7-4(2-1-3-14-7)17-15-5(8(18)19)6(16-17)9(11,12)13/h1-3H,(H,18,19). The Morgan fingerprint density at radius 2 is 2.05 bits per heavy atom. The number of pyridine rings is 1. The molecule has 0 aliphatic rings. The van der Waals surface area contributed by atoms with Gasteiger partial charge < -0.3 is 5.11 Å². The molecule has 10 heteroatoms. The van der Waals surface area contributed by atoms with Crippen LogP contribution in [0.5, 0.6) is 0 Å². The van der Waals surface area contributed by atoms with Crippen molar-refractivity contribution in [3.05, 3.63) is 34.9 Å². The number of carboxylic acids is 1. The average molecular weight is 293 g/mol. The van der Waals surface area contributed by atoms with Crippen molar-refractivity contribution in [3.8, 4) is 5.69 Å². The Kier molecular flexibility index (Phi) is 3.14. The molecule has 1 N–H and O–H groups in total. The molecule has 6 nitrogen and oxygen atoms in total. The van der Waals surface area contributed by atoms with E-state index in [4.69, 9.17) is 16.7 Å². The molecule has 0 aliphatic carbocycles. The first kappa shape index (κ1) is 13.3. The van der Waals surface area contributed by atoms with Crippen molar-refractivity contribution in [2.75, 3.05) is 0 Å². The maximum atomic E-state index is 12.6. The quantitative estimate of drug-likeness (QED) is 0.857. The van der Waals surface area contributed by atoms with Crippen LogP contribution in [0, 0.1) is 0 Å². The second kappa shape index (κ2) is 4.50. The number of aromatic nitrogens is 4. The number of halogens is 4. The molecule has 0 saturated heterocycles. The molecule has 0 bridgehead atoms. The molecule has 0 amide bonds. The lowest BCUT2D eigenvalue weighted by Gasteiger charge is -2.02. The summed E-state index contributed by atoms with van der Waals surface area (Å²) >= 11 is 5.67. The van der Waals surface area contributed by atoms with E-state index in [1.807, 2.05) is 0 Å². The van der Waals surface area contributed by atoms with Crippen LogP contribution in [0.2, 0.25) is 5.15 Å². The molecule has 19 heavy (non-hydrogen) atoms. The highest BCUT2D eigenvalue weighted by atomic mass is 35.5. The summed E-state index contributed by atoms with van der Waals surface area (Å²) in [5.41, 5.74) is -2.85. The van der Waals surface area contributed by atoms with Crippen molar-refractivity contribution in [2.24, 2.45) is 0 Å². The number of hydrogen-bond donors (Lipinski definition) is 1. The summed E-state index contributed by atoms with van der Waals surface area (Å²) in [6.07, 6.45) is -3.61. The lowest BCUT2D eigenvalue weighted by atomic mass is 10.3. The van der Waals surface area contributed by atoms with E-state index in [1.54, 1.807) is 0 Å². The number of alkyl halides is 3. The van der Waals surface area contributed by atoms with E-state index < -0.39 is 23.5 Å². The van der Waals surface area contributed by atoms with Gasteiger partial charge in [0.15, 0.2) is 5.15 Å². The molecule has 2 aromatic heterocycles. The number of carboxylic acid groups (broad SMARTS) is 1. The van der Waals surface area contributed by atoms with Crippen LogP contribution in [0.25, 0.3) is 5.69 Å². The fourth-order valence-corrected chi connectivity index (χ4v) is 1.47. The minimum absolute atomic E-state index is 0.0535. The maximum Gasteiger partial charge on any atom is 0.437 e. The third-order valence-corrected chi connectivity index (χ3v) is 2.33. The zero-order chi connectivity index (χ0) is 14.2. The van der Waals surface area contributed by atoms with E-state index >= 15 is 0 Å². The van der Waals surface area contributed by atoms with Gasteiger partial charge in [-0.2, -0.15) is 13.2 Å². The van der Waals surface area contributed by atoms with Crippen LogP contribution in [-0.4, -0.2) is 31.1 Å².